The fourth-order valence-electron chi connectivity index (χ4n) is 5.23. The Morgan fingerprint density at radius 1 is 0.500 bits per heavy atom. The van der Waals surface area contributed by atoms with E-state index in [0.717, 1.165) is 51.4 Å². The fraction of sp³-hybridized carbons (Fsp3) is 0.933. The van der Waals surface area contributed by atoms with Crippen LogP contribution in [-0.4, -0.2) is 23.9 Å². The second-order valence-corrected chi connectivity index (χ2v) is 10.8. The first kappa shape index (κ1) is 31.0. The molecule has 0 aromatic heterocycles. The lowest BCUT2D eigenvalue weighted by Gasteiger charge is -2.33. The van der Waals surface area contributed by atoms with Crippen molar-refractivity contribution in [3.05, 3.63) is 0 Å². The second-order valence-electron chi connectivity index (χ2n) is 10.8. The van der Waals surface area contributed by atoms with Crippen molar-refractivity contribution in [3.8, 4) is 0 Å². The molecule has 0 aliphatic heterocycles. The molecular formula is C30H58N2O2. The maximum absolute atomic E-state index is 12.5. The first-order valence-electron chi connectivity index (χ1n) is 15.3. The summed E-state index contributed by atoms with van der Waals surface area (Å²) in [4.78, 5) is 25.0. The van der Waals surface area contributed by atoms with Gasteiger partial charge in [-0.2, -0.15) is 0 Å². The molecule has 1 saturated carbocycles. The number of hydrogen-bond acceptors (Lipinski definition) is 2. The summed E-state index contributed by atoms with van der Waals surface area (Å²) >= 11 is 0. The van der Waals surface area contributed by atoms with E-state index in [1.165, 1.54) is 89.9 Å². The zero-order valence-corrected chi connectivity index (χ0v) is 22.9. The lowest BCUT2D eigenvalue weighted by atomic mass is 9.90. The highest BCUT2D eigenvalue weighted by molar-refractivity contribution is 5.77. The molecule has 1 rings (SSSR count). The van der Waals surface area contributed by atoms with Crippen LogP contribution >= 0.6 is 0 Å². The van der Waals surface area contributed by atoms with Crippen LogP contribution in [0.15, 0.2) is 0 Å². The zero-order valence-electron chi connectivity index (χ0n) is 22.9. The normalized spacial score (nSPS) is 18.1. The molecule has 200 valence electrons. The van der Waals surface area contributed by atoms with Crippen molar-refractivity contribution in [1.82, 2.24) is 10.6 Å². The maximum atomic E-state index is 12.5. The number of carbonyl (C=O) groups excluding carboxylic acids is 2. The maximum Gasteiger partial charge on any atom is 0.220 e. The number of amides is 2. The highest BCUT2D eigenvalue weighted by Crippen LogP contribution is 2.20. The van der Waals surface area contributed by atoms with E-state index in [0.29, 0.717) is 12.8 Å². The minimum Gasteiger partial charge on any atom is -0.351 e. The van der Waals surface area contributed by atoms with Gasteiger partial charge in [-0.25, -0.2) is 0 Å². The lowest BCUT2D eigenvalue weighted by molar-refractivity contribution is -0.125. The SMILES string of the molecule is CCCCCCCCCCCC(=O)N[C@H]1CCCC[C@@H]1NC(=O)CCCCCCCCCCC. The van der Waals surface area contributed by atoms with Crippen molar-refractivity contribution in [3.63, 3.8) is 0 Å². The monoisotopic (exact) mass is 478 g/mol. The summed E-state index contributed by atoms with van der Waals surface area (Å²) in [5.74, 6) is 0.348. The number of carbonyl (C=O) groups is 2. The van der Waals surface area contributed by atoms with E-state index in [2.05, 4.69) is 24.5 Å². The van der Waals surface area contributed by atoms with Crippen LogP contribution in [0.2, 0.25) is 0 Å². The third kappa shape index (κ3) is 17.4. The minimum absolute atomic E-state index is 0.117. The largest absolute Gasteiger partial charge is 0.351 e. The predicted molar refractivity (Wildman–Crippen MR) is 146 cm³/mol. The van der Waals surface area contributed by atoms with Gasteiger partial charge in [-0.05, 0) is 25.7 Å². The Labute approximate surface area is 212 Å². The summed E-state index contributed by atoms with van der Waals surface area (Å²) in [6, 6.07) is 0.235. The molecule has 0 aromatic rings. The van der Waals surface area contributed by atoms with Gasteiger partial charge in [0, 0.05) is 24.9 Å². The molecular weight excluding hydrogens is 420 g/mol. The Balaban J connectivity index is 2.10. The number of nitrogens with one attached hydrogen (secondary N) is 2. The van der Waals surface area contributed by atoms with Crippen molar-refractivity contribution < 1.29 is 9.59 Å². The molecule has 0 aromatic carbocycles. The second kappa shape index (κ2) is 22.4. The third-order valence-electron chi connectivity index (χ3n) is 7.47. The Bertz CT molecular complexity index is 450. The molecule has 0 unspecified atom stereocenters. The summed E-state index contributed by atoms with van der Waals surface area (Å²) in [5, 5.41) is 6.50. The van der Waals surface area contributed by atoms with E-state index < -0.39 is 0 Å². The molecule has 1 aliphatic rings. The Morgan fingerprint density at radius 2 is 0.794 bits per heavy atom. The molecule has 4 nitrogen and oxygen atoms in total. The number of unbranched alkanes of at least 4 members (excludes halogenated alkanes) is 16. The van der Waals surface area contributed by atoms with E-state index in [-0.39, 0.29) is 23.9 Å². The van der Waals surface area contributed by atoms with Crippen LogP contribution in [0.25, 0.3) is 0 Å². The molecule has 0 bridgehead atoms. The van der Waals surface area contributed by atoms with E-state index in [4.69, 9.17) is 0 Å². The third-order valence-corrected chi connectivity index (χ3v) is 7.47. The van der Waals surface area contributed by atoms with Gasteiger partial charge in [-0.15, -0.1) is 0 Å². The Hall–Kier alpha value is -1.06. The minimum atomic E-state index is 0.117. The lowest BCUT2D eigenvalue weighted by Crippen LogP contribution is -2.53. The van der Waals surface area contributed by atoms with Crippen molar-refractivity contribution in [2.45, 2.75) is 180 Å². The van der Waals surface area contributed by atoms with Crippen LogP contribution in [0, 0.1) is 0 Å². The van der Waals surface area contributed by atoms with Crippen molar-refractivity contribution in [1.29, 1.82) is 0 Å². The molecule has 2 N–H and O–H groups in total. The number of hydrogen-bond donors (Lipinski definition) is 2. The van der Waals surface area contributed by atoms with Gasteiger partial charge in [-0.3, -0.25) is 9.59 Å². The zero-order chi connectivity index (χ0) is 24.7. The first-order chi connectivity index (χ1) is 16.7. The molecule has 0 radical (unpaired) electrons. The van der Waals surface area contributed by atoms with Crippen LogP contribution in [0.4, 0.5) is 0 Å². The van der Waals surface area contributed by atoms with Gasteiger partial charge in [0.2, 0.25) is 11.8 Å². The van der Waals surface area contributed by atoms with Crippen molar-refractivity contribution >= 4 is 11.8 Å². The van der Waals surface area contributed by atoms with Crippen molar-refractivity contribution in [2.75, 3.05) is 0 Å². The van der Waals surface area contributed by atoms with Gasteiger partial charge in [0.1, 0.15) is 0 Å². The van der Waals surface area contributed by atoms with Gasteiger partial charge >= 0.3 is 0 Å². The quantitative estimate of drug-likeness (QED) is 0.154. The average Bonchev–Trinajstić information content (AvgIpc) is 2.83. The summed E-state index contributed by atoms with van der Waals surface area (Å²) < 4.78 is 0. The van der Waals surface area contributed by atoms with Crippen LogP contribution in [0.1, 0.15) is 168 Å². The Kier molecular flexibility index (Phi) is 20.4. The molecule has 2 atom stereocenters. The standard InChI is InChI=1S/C30H58N2O2/c1-3-5-7-9-11-13-15-17-19-25-29(33)31-27-23-21-22-24-28(27)32-30(34)26-20-18-16-14-12-10-8-6-4-2/h27-28H,3-26H2,1-2H3,(H,31,33)(H,32,34)/t27-,28-/m0/s1. The highest BCUT2D eigenvalue weighted by Gasteiger charge is 2.27. The van der Waals surface area contributed by atoms with Gasteiger partial charge in [0.05, 0.1) is 0 Å². The highest BCUT2D eigenvalue weighted by atomic mass is 16.2. The molecule has 0 heterocycles. The van der Waals surface area contributed by atoms with E-state index in [1.807, 2.05) is 0 Å². The molecule has 0 spiro atoms. The summed E-state index contributed by atoms with van der Waals surface area (Å²) in [6.45, 7) is 4.51. The molecule has 1 aliphatic carbocycles. The fourth-order valence-corrected chi connectivity index (χ4v) is 5.23. The van der Waals surface area contributed by atoms with Crippen LogP contribution < -0.4 is 10.6 Å². The van der Waals surface area contributed by atoms with Crippen LogP contribution in [0.3, 0.4) is 0 Å². The molecule has 1 fully saturated rings. The van der Waals surface area contributed by atoms with Gasteiger partial charge in [0.25, 0.3) is 0 Å². The average molecular weight is 479 g/mol. The van der Waals surface area contributed by atoms with E-state index in [9.17, 15) is 9.59 Å². The molecule has 34 heavy (non-hydrogen) atoms. The van der Waals surface area contributed by atoms with Gasteiger partial charge in [0.15, 0.2) is 0 Å². The van der Waals surface area contributed by atoms with Crippen molar-refractivity contribution in [2.24, 2.45) is 0 Å². The van der Waals surface area contributed by atoms with Crippen LogP contribution in [0.5, 0.6) is 0 Å². The molecule has 4 heteroatoms. The molecule has 0 saturated heterocycles. The topological polar surface area (TPSA) is 58.2 Å². The predicted octanol–water partition coefficient (Wildman–Crippen LogP) is 8.37. The first-order valence-corrected chi connectivity index (χ1v) is 15.3. The Morgan fingerprint density at radius 3 is 1.12 bits per heavy atom. The summed E-state index contributed by atoms with van der Waals surface area (Å²) in [7, 11) is 0. The number of rotatable bonds is 22. The summed E-state index contributed by atoms with van der Waals surface area (Å²) in [6.07, 6.45) is 28.4. The van der Waals surface area contributed by atoms with Gasteiger partial charge in [-0.1, -0.05) is 129 Å². The summed E-state index contributed by atoms with van der Waals surface area (Å²) in [5.41, 5.74) is 0. The smallest absolute Gasteiger partial charge is 0.220 e. The van der Waals surface area contributed by atoms with E-state index in [1.54, 1.807) is 0 Å². The van der Waals surface area contributed by atoms with Gasteiger partial charge < -0.3 is 10.6 Å². The van der Waals surface area contributed by atoms with Crippen LogP contribution in [-0.2, 0) is 9.59 Å². The van der Waals surface area contributed by atoms with E-state index >= 15 is 0 Å². The molecule has 2 amide bonds.